The van der Waals surface area contributed by atoms with Crippen LogP contribution < -0.4 is 0 Å². The van der Waals surface area contributed by atoms with Gasteiger partial charge in [0.25, 0.3) is 0 Å². The fraction of sp³-hybridized carbons (Fsp3) is 0.300. The molecule has 64 valence electrons. The van der Waals surface area contributed by atoms with Gasteiger partial charge >= 0.3 is 5.97 Å². The third-order valence-electron chi connectivity index (χ3n) is 1.84. The van der Waals surface area contributed by atoms with E-state index in [0.29, 0.717) is 12.2 Å². The van der Waals surface area contributed by atoms with Crippen LogP contribution in [0.15, 0.2) is 35.5 Å². The molecule has 2 nitrogen and oxygen atoms in total. The number of hydrogen-bond acceptors (Lipinski definition) is 2. The van der Waals surface area contributed by atoms with Crippen LogP contribution in [0.2, 0.25) is 0 Å². The third-order valence-corrected chi connectivity index (χ3v) is 1.84. The number of hydrogen-bond donors (Lipinski definition) is 0. The summed E-state index contributed by atoms with van der Waals surface area (Å²) in [7, 11) is 0. The largest absolute Gasteiger partial charge is 0.457 e. The van der Waals surface area contributed by atoms with Crippen molar-refractivity contribution in [1.29, 1.82) is 0 Å². The van der Waals surface area contributed by atoms with Gasteiger partial charge in [0.2, 0.25) is 0 Å². The number of ether oxygens (including phenoxy) is 1. The summed E-state index contributed by atoms with van der Waals surface area (Å²) in [6, 6.07) is 0. The number of carbonyl (C=O) groups excluding carboxylic acids is 1. The van der Waals surface area contributed by atoms with Crippen molar-refractivity contribution < 1.29 is 9.53 Å². The van der Waals surface area contributed by atoms with E-state index in [0.717, 1.165) is 16.7 Å². The van der Waals surface area contributed by atoms with Gasteiger partial charge in [-0.15, -0.1) is 0 Å². The van der Waals surface area contributed by atoms with Crippen molar-refractivity contribution in [3.05, 3.63) is 35.5 Å². The Labute approximate surface area is 72.2 Å². The molecule has 0 radical (unpaired) electrons. The molecular formula is C10H12O2. The van der Waals surface area contributed by atoms with E-state index in [-0.39, 0.29) is 5.97 Å². The van der Waals surface area contributed by atoms with Gasteiger partial charge in [-0.1, -0.05) is 18.7 Å². The highest BCUT2D eigenvalue weighted by molar-refractivity contribution is 5.92. The maximum atomic E-state index is 11.1. The van der Waals surface area contributed by atoms with Gasteiger partial charge < -0.3 is 4.74 Å². The van der Waals surface area contributed by atoms with Crippen molar-refractivity contribution in [2.45, 2.75) is 13.8 Å². The van der Waals surface area contributed by atoms with Crippen molar-refractivity contribution in [1.82, 2.24) is 0 Å². The van der Waals surface area contributed by atoms with E-state index in [9.17, 15) is 4.79 Å². The first-order chi connectivity index (χ1) is 5.54. The molecule has 0 bridgehead atoms. The molecule has 1 aliphatic rings. The number of carbonyl (C=O) groups is 1. The summed E-state index contributed by atoms with van der Waals surface area (Å²) in [5.41, 5.74) is 3.18. The summed E-state index contributed by atoms with van der Waals surface area (Å²) < 4.78 is 4.85. The molecule has 0 aromatic carbocycles. The molecule has 0 atom stereocenters. The molecule has 0 spiro atoms. The SMILES string of the molecule is C=C(C)C1=C(C)C(=O)OCC1=C. The zero-order valence-corrected chi connectivity index (χ0v) is 7.44. The van der Waals surface area contributed by atoms with E-state index in [4.69, 9.17) is 4.74 Å². The molecule has 0 aromatic heterocycles. The Kier molecular flexibility index (Phi) is 2.18. The monoisotopic (exact) mass is 164 g/mol. The van der Waals surface area contributed by atoms with Crippen LogP contribution in [0.25, 0.3) is 0 Å². The van der Waals surface area contributed by atoms with E-state index in [2.05, 4.69) is 13.2 Å². The van der Waals surface area contributed by atoms with Crippen molar-refractivity contribution in [2.24, 2.45) is 0 Å². The minimum atomic E-state index is -0.264. The maximum absolute atomic E-state index is 11.1. The lowest BCUT2D eigenvalue weighted by atomic mass is 9.95. The number of cyclic esters (lactones) is 1. The smallest absolute Gasteiger partial charge is 0.334 e. The molecule has 1 heterocycles. The second-order valence-electron chi connectivity index (χ2n) is 2.96. The molecule has 2 heteroatoms. The Morgan fingerprint density at radius 2 is 2.17 bits per heavy atom. The van der Waals surface area contributed by atoms with E-state index in [1.165, 1.54) is 0 Å². The number of allylic oxidation sites excluding steroid dienone is 1. The van der Waals surface area contributed by atoms with Gasteiger partial charge in [0.15, 0.2) is 0 Å². The molecular weight excluding hydrogens is 152 g/mol. The van der Waals surface area contributed by atoms with Gasteiger partial charge in [-0.2, -0.15) is 0 Å². The highest BCUT2D eigenvalue weighted by Crippen LogP contribution is 2.25. The van der Waals surface area contributed by atoms with E-state index >= 15 is 0 Å². The first kappa shape index (κ1) is 8.78. The second kappa shape index (κ2) is 2.97. The number of esters is 1. The van der Waals surface area contributed by atoms with Gasteiger partial charge in [0.1, 0.15) is 6.61 Å². The molecule has 0 unspecified atom stereocenters. The van der Waals surface area contributed by atoms with Crippen LogP contribution >= 0.6 is 0 Å². The van der Waals surface area contributed by atoms with E-state index in [1.807, 2.05) is 6.92 Å². The van der Waals surface area contributed by atoms with Crippen LogP contribution in [0.5, 0.6) is 0 Å². The maximum Gasteiger partial charge on any atom is 0.334 e. The Balaban J connectivity index is 3.19. The topological polar surface area (TPSA) is 26.3 Å². The first-order valence-electron chi connectivity index (χ1n) is 3.76. The fourth-order valence-electron chi connectivity index (χ4n) is 1.32. The Hall–Kier alpha value is -1.31. The molecule has 0 N–H and O–H groups in total. The van der Waals surface area contributed by atoms with Gasteiger partial charge in [-0.25, -0.2) is 4.79 Å². The fourth-order valence-corrected chi connectivity index (χ4v) is 1.32. The average Bonchev–Trinajstić information content (AvgIpc) is 1.97. The summed E-state index contributed by atoms with van der Waals surface area (Å²) in [4.78, 5) is 11.1. The molecule has 0 saturated carbocycles. The molecule has 12 heavy (non-hydrogen) atoms. The van der Waals surface area contributed by atoms with Crippen LogP contribution in [0, 0.1) is 0 Å². The minimum absolute atomic E-state index is 0.264. The molecule has 0 aromatic rings. The summed E-state index contributed by atoms with van der Waals surface area (Å²) in [5.74, 6) is -0.264. The normalized spacial score (nSPS) is 17.8. The van der Waals surface area contributed by atoms with Gasteiger partial charge in [-0.05, 0) is 25.0 Å². The highest BCUT2D eigenvalue weighted by Gasteiger charge is 2.20. The van der Waals surface area contributed by atoms with Crippen LogP contribution in [-0.2, 0) is 9.53 Å². The van der Waals surface area contributed by atoms with Crippen molar-refractivity contribution in [3.63, 3.8) is 0 Å². The Bertz CT molecular complexity index is 295. The highest BCUT2D eigenvalue weighted by atomic mass is 16.5. The molecule has 0 fully saturated rings. The standard InChI is InChI=1S/C10H12O2/c1-6(2)9-7(3)5-12-10(11)8(9)4/h1,3,5H2,2,4H3. The molecule has 0 aliphatic carbocycles. The summed E-state index contributed by atoms with van der Waals surface area (Å²) >= 11 is 0. The lowest BCUT2D eigenvalue weighted by Crippen LogP contribution is -2.18. The minimum Gasteiger partial charge on any atom is -0.457 e. The van der Waals surface area contributed by atoms with Gasteiger partial charge in [0.05, 0.1) is 0 Å². The average molecular weight is 164 g/mol. The number of rotatable bonds is 1. The lowest BCUT2D eigenvalue weighted by Gasteiger charge is -2.19. The Morgan fingerprint density at radius 3 is 2.58 bits per heavy atom. The Morgan fingerprint density at radius 1 is 1.58 bits per heavy atom. The van der Waals surface area contributed by atoms with Crippen LogP contribution in [0.1, 0.15) is 13.8 Å². The summed E-state index contributed by atoms with van der Waals surface area (Å²) in [6.07, 6.45) is 0. The quantitative estimate of drug-likeness (QED) is 0.554. The first-order valence-corrected chi connectivity index (χ1v) is 3.76. The van der Waals surface area contributed by atoms with Gasteiger partial charge in [0, 0.05) is 5.57 Å². The van der Waals surface area contributed by atoms with E-state index in [1.54, 1.807) is 6.92 Å². The van der Waals surface area contributed by atoms with Crippen LogP contribution in [0.4, 0.5) is 0 Å². The molecule has 1 aliphatic heterocycles. The van der Waals surface area contributed by atoms with Crippen molar-refractivity contribution >= 4 is 5.97 Å². The summed E-state index contributed by atoms with van der Waals surface area (Å²) in [6.45, 7) is 11.5. The van der Waals surface area contributed by atoms with Gasteiger partial charge in [-0.3, -0.25) is 0 Å². The second-order valence-corrected chi connectivity index (χ2v) is 2.96. The predicted molar refractivity (Wildman–Crippen MR) is 47.6 cm³/mol. The lowest BCUT2D eigenvalue weighted by molar-refractivity contribution is -0.138. The van der Waals surface area contributed by atoms with Crippen LogP contribution in [-0.4, -0.2) is 12.6 Å². The third kappa shape index (κ3) is 1.33. The molecule has 1 rings (SSSR count). The zero-order valence-electron chi connectivity index (χ0n) is 7.44. The van der Waals surface area contributed by atoms with Crippen molar-refractivity contribution in [2.75, 3.05) is 6.61 Å². The predicted octanol–water partition coefficient (Wildman–Crippen LogP) is 1.99. The zero-order chi connectivity index (χ0) is 9.30. The summed E-state index contributed by atoms with van der Waals surface area (Å²) in [5, 5.41) is 0. The molecule has 0 amide bonds. The van der Waals surface area contributed by atoms with Crippen molar-refractivity contribution in [3.8, 4) is 0 Å². The van der Waals surface area contributed by atoms with Crippen LogP contribution in [0.3, 0.4) is 0 Å². The van der Waals surface area contributed by atoms with E-state index < -0.39 is 0 Å². The molecule has 0 saturated heterocycles.